The highest BCUT2D eigenvalue weighted by atomic mass is 32.2. The molecule has 0 aromatic heterocycles. The number of nitrogens with zero attached hydrogens (tertiary/aromatic N) is 1. The zero-order valence-electron chi connectivity index (χ0n) is 15.3. The molecule has 0 saturated carbocycles. The van der Waals surface area contributed by atoms with Gasteiger partial charge in [0.1, 0.15) is 6.10 Å². The molecule has 0 unspecified atom stereocenters. The molecule has 0 spiro atoms. The Morgan fingerprint density at radius 1 is 1.21 bits per heavy atom. The van der Waals surface area contributed by atoms with Crippen molar-refractivity contribution < 1.29 is 27.6 Å². The van der Waals surface area contributed by atoms with Crippen LogP contribution in [0.1, 0.15) is 28.9 Å². The van der Waals surface area contributed by atoms with Crippen LogP contribution in [-0.4, -0.2) is 39.6 Å². The van der Waals surface area contributed by atoms with Crippen LogP contribution in [0.5, 0.6) is 0 Å². The lowest BCUT2D eigenvalue weighted by Gasteiger charge is -2.14. The molecule has 0 fully saturated rings. The fourth-order valence-electron chi connectivity index (χ4n) is 2.32. The number of nitro benzene ring substituents is 1. The molecule has 0 amide bonds. The first kappa shape index (κ1) is 21.5. The van der Waals surface area contributed by atoms with E-state index in [1.807, 2.05) is 0 Å². The Hall–Kier alpha value is -2.82. The zero-order valence-corrected chi connectivity index (χ0v) is 16.1. The lowest BCUT2D eigenvalue weighted by atomic mass is 10.1. The number of non-ortho nitro benzene ring substituents is 1. The van der Waals surface area contributed by atoms with Gasteiger partial charge in [-0.2, -0.15) is 0 Å². The number of carbonyl (C=O) groups is 1. The molecule has 2 rings (SSSR count). The fourth-order valence-corrected chi connectivity index (χ4v) is 3.33. The van der Waals surface area contributed by atoms with E-state index < -0.39 is 27.0 Å². The molecule has 1 atom stereocenters. The van der Waals surface area contributed by atoms with E-state index in [0.29, 0.717) is 5.56 Å². The number of benzene rings is 2. The van der Waals surface area contributed by atoms with Crippen molar-refractivity contribution in [3.63, 3.8) is 0 Å². The molecule has 0 aliphatic rings. The number of nitro groups is 1. The van der Waals surface area contributed by atoms with Gasteiger partial charge in [0.2, 0.25) is 10.0 Å². The molecule has 0 aliphatic heterocycles. The number of esters is 1. The third kappa shape index (κ3) is 5.59. The number of nitrogens with one attached hydrogen (secondary N) is 1. The first-order valence-electron chi connectivity index (χ1n) is 8.28. The van der Waals surface area contributed by atoms with Crippen molar-refractivity contribution in [2.45, 2.75) is 17.9 Å². The summed E-state index contributed by atoms with van der Waals surface area (Å²) in [6.07, 6.45) is -0.716. The molecule has 2 aromatic rings. The fraction of sp³-hybridized carbons (Fsp3) is 0.278. The van der Waals surface area contributed by atoms with Crippen molar-refractivity contribution in [3.05, 3.63) is 69.8 Å². The average Bonchev–Trinajstić information content (AvgIpc) is 2.68. The quantitative estimate of drug-likeness (QED) is 0.292. The van der Waals surface area contributed by atoms with Crippen molar-refractivity contribution >= 4 is 21.7 Å². The number of ether oxygens (including phenoxy) is 2. The third-order valence-corrected chi connectivity index (χ3v) is 5.31. The van der Waals surface area contributed by atoms with Gasteiger partial charge in [-0.05, 0) is 36.8 Å². The Labute approximate surface area is 162 Å². The highest BCUT2D eigenvalue weighted by molar-refractivity contribution is 7.89. The number of carbonyl (C=O) groups excluding carboxylic acids is 1. The van der Waals surface area contributed by atoms with Crippen LogP contribution < -0.4 is 4.72 Å². The number of rotatable bonds is 9. The second kappa shape index (κ2) is 9.40. The van der Waals surface area contributed by atoms with Gasteiger partial charge in [-0.3, -0.25) is 10.1 Å². The molecule has 2 aromatic carbocycles. The van der Waals surface area contributed by atoms with E-state index in [-0.39, 0.29) is 29.3 Å². The van der Waals surface area contributed by atoms with Gasteiger partial charge in [0, 0.05) is 25.8 Å². The number of hydrogen-bond acceptors (Lipinski definition) is 7. The standard InChI is InChI=1S/C18H20N2O7S/c1-13(15-4-3-5-16(12-15)20(22)23)27-18(21)14-6-8-17(9-7-14)28(24,25)19-10-11-26-2/h3-9,12-13,19H,10-11H2,1-2H3/t13-/m1/s1. The van der Waals surface area contributed by atoms with Crippen LogP contribution in [0, 0.1) is 10.1 Å². The summed E-state index contributed by atoms with van der Waals surface area (Å²) < 4.78 is 36.7. The van der Waals surface area contributed by atoms with Gasteiger partial charge in [-0.15, -0.1) is 0 Å². The first-order chi connectivity index (χ1) is 13.2. The van der Waals surface area contributed by atoms with E-state index in [4.69, 9.17) is 9.47 Å². The van der Waals surface area contributed by atoms with Crippen LogP contribution in [0.2, 0.25) is 0 Å². The Kier molecular flexibility index (Phi) is 7.21. The van der Waals surface area contributed by atoms with E-state index in [0.717, 1.165) is 0 Å². The van der Waals surface area contributed by atoms with Crippen molar-refractivity contribution in [2.24, 2.45) is 0 Å². The van der Waals surface area contributed by atoms with Gasteiger partial charge in [0.05, 0.1) is 22.0 Å². The van der Waals surface area contributed by atoms with E-state index in [2.05, 4.69) is 4.72 Å². The Balaban J connectivity index is 2.06. The minimum absolute atomic E-state index is 0.00638. The highest BCUT2D eigenvalue weighted by Gasteiger charge is 2.18. The predicted octanol–water partition coefficient (Wildman–Crippen LogP) is 2.44. The molecule has 0 bridgehead atoms. The molecule has 0 radical (unpaired) electrons. The number of hydrogen-bond donors (Lipinski definition) is 1. The molecule has 10 heteroatoms. The molecule has 0 aliphatic carbocycles. The van der Waals surface area contributed by atoms with E-state index in [1.165, 1.54) is 49.6 Å². The lowest BCUT2D eigenvalue weighted by molar-refractivity contribution is -0.385. The van der Waals surface area contributed by atoms with Crippen LogP contribution in [0.15, 0.2) is 53.4 Å². The number of methoxy groups -OCH3 is 1. The monoisotopic (exact) mass is 408 g/mol. The van der Waals surface area contributed by atoms with E-state index in [9.17, 15) is 23.3 Å². The van der Waals surface area contributed by atoms with E-state index in [1.54, 1.807) is 13.0 Å². The van der Waals surface area contributed by atoms with Crippen LogP contribution >= 0.6 is 0 Å². The van der Waals surface area contributed by atoms with Gasteiger partial charge in [-0.25, -0.2) is 17.9 Å². The predicted molar refractivity (Wildman–Crippen MR) is 100 cm³/mol. The van der Waals surface area contributed by atoms with Gasteiger partial charge < -0.3 is 9.47 Å². The Morgan fingerprint density at radius 3 is 2.50 bits per heavy atom. The summed E-state index contributed by atoms with van der Waals surface area (Å²) in [6, 6.07) is 11.1. The van der Waals surface area contributed by atoms with Crippen LogP contribution in [0.25, 0.3) is 0 Å². The Bertz CT molecular complexity index is 943. The normalized spacial score (nSPS) is 12.4. The molecule has 9 nitrogen and oxygen atoms in total. The van der Waals surface area contributed by atoms with E-state index >= 15 is 0 Å². The molecule has 28 heavy (non-hydrogen) atoms. The van der Waals surface area contributed by atoms with Crippen LogP contribution in [0.4, 0.5) is 5.69 Å². The third-order valence-electron chi connectivity index (χ3n) is 3.83. The summed E-state index contributed by atoms with van der Waals surface area (Å²) in [6.45, 7) is 1.96. The molecule has 1 N–H and O–H groups in total. The van der Waals surface area contributed by atoms with Gasteiger partial charge >= 0.3 is 5.97 Å². The first-order valence-corrected chi connectivity index (χ1v) is 9.77. The molecular weight excluding hydrogens is 388 g/mol. The average molecular weight is 408 g/mol. The van der Waals surface area contributed by atoms with Gasteiger partial charge in [-0.1, -0.05) is 12.1 Å². The van der Waals surface area contributed by atoms with Crippen molar-refractivity contribution in [2.75, 3.05) is 20.3 Å². The molecule has 0 heterocycles. The van der Waals surface area contributed by atoms with Crippen molar-refractivity contribution in [1.82, 2.24) is 4.72 Å². The Morgan fingerprint density at radius 2 is 1.89 bits per heavy atom. The van der Waals surface area contributed by atoms with Crippen molar-refractivity contribution in [1.29, 1.82) is 0 Å². The molecule has 0 saturated heterocycles. The largest absolute Gasteiger partial charge is 0.454 e. The number of sulfonamides is 1. The van der Waals surface area contributed by atoms with Crippen LogP contribution in [-0.2, 0) is 19.5 Å². The summed E-state index contributed by atoms with van der Waals surface area (Å²) in [7, 11) is -2.24. The SMILES string of the molecule is COCCNS(=O)(=O)c1ccc(C(=O)O[C@H](C)c2cccc([N+](=O)[O-])c2)cc1. The summed E-state index contributed by atoms with van der Waals surface area (Å²) in [5, 5.41) is 10.9. The van der Waals surface area contributed by atoms with Crippen LogP contribution in [0.3, 0.4) is 0 Å². The maximum Gasteiger partial charge on any atom is 0.338 e. The highest BCUT2D eigenvalue weighted by Crippen LogP contribution is 2.23. The molecular formula is C18H20N2O7S. The topological polar surface area (TPSA) is 125 Å². The summed E-state index contributed by atoms with van der Waals surface area (Å²) >= 11 is 0. The van der Waals surface area contributed by atoms with Gasteiger partial charge in [0.25, 0.3) is 5.69 Å². The summed E-state index contributed by atoms with van der Waals surface area (Å²) in [5.74, 6) is -0.671. The van der Waals surface area contributed by atoms with Gasteiger partial charge in [0.15, 0.2) is 0 Å². The second-order valence-corrected chi connectivity index (χ2v) is 7.58. The summed E-state index contributed by atoms with van der Waals surface area (Å²) in [4.78, 5) is 22.6. The molecule has 150 valence electrons. The minimum Gasteiger partial charge on any atom is -0.454 e. The summed E-state index contributed by atoms with van der Waals surface area (Å²) in [5.41, 5.74) is 0.535. The maximum atomic E-state index is 12.3. The minimum atomic E-state index is -3.70. The zero-order chi connectivity index (χ0) is 20.7. The lowest BCUT2D eigenvalue weighted by Crippen LogP contribution is -2.27. The smallest absolute Gasteiger partial charge is 0.338 e. The second-order valence-electron chi connectivity index (χ2n) is 5.81. The maximum absolute atomic E-state index is 12.3. The van der Waals surface area contributed by atoms with Crippen molar-refractivity contribution in [3.8, 4) is 0 Å².